The Kier molecular flexibility index (Phi) is 6.72. The van der Waals surface area contributed by atoms with Crippen molar-refractivity contribution in [3.63, 3.8) is 0 Å². The van der Waals surface area contributed by atoms with Gasteiger partial charge < -0.3 is 19.1 Å². The molecular formula is C20H23BrN2O4S. The van der Waals surface area contributed by atoms with Gasteiger partial charge in [-0.2, -0.15) is 0 Å². The van der Waals surface area contributed by atoms with Crippen LogP contribution in [-0.2, 0) is 9.53 Å². The third kappa shape index (κ3) is 3.93. The van der Waals surface area contributed by atoms with Crippen molar-refractivity contribution < 1.29 is 19.0 Å². The van der Waals surface area contributed by atoms with Gasteiger partial charge in [0.2, 0.25) is 0 Å². The second-order valence-electron chi connectivity index (χ2n) is 6.01. The van der Waals surface area contributed by atoms with Crippen molar-refractivity contribution in [3.05, 3.63) is 45.0 Å². The van der Waals surface area contributed by atoms with E-state index >= 15 is 0 Å². The van der Waals surface area contributed by atoms with E-state index in [-0.39, 0.29) is 5.97 Å². The monoisotopic (exact) mass is 466 g/mol. The maximum absolute atomic E-state index is 12.8. The number of aliphatic imine (C=N–C) groups is 1. The Labute approximate surface area is 177 Å². The molecule has 0 N–H and O–H groups in total. The highest BCUT2D eigenvalue weighted by Gasteiger charge is 2.39. The summed E-state index contributed by atoms with van der Waals surface area (Å²) in [6.45, 7) is 8.84. The summed E-state index contributed by atoms with van der Waals surface area (Å²) in [5, 5.41) is 2.78. The Morgan fingerprint density at radius 1 is 1.18 bits per heavy atom. The van der Waals surface area contributed by atoms with Gasteiger partial charge in [0.15, 0.2) is 5.17 Å². The molecule has 0 aliphatic carbocycles. The lowest BCUT2D eigenvalue weighted by molar-refractivity contribution is -0.139. The van der Waals surface area contributed by atoms with E-state index in [1.54, 1.807) is 6.92 Å². The topological polar surface area (TPSA) is 60.4 Å². The molecule has 8 heteroatoms. The van der Waals surface area contributed by atoms with Gasteiger partial charge in [-0.25, -0.2) is 9.79 Å². The van der Waals surface area contributed by atoms with Crippen LogP contribution in [-0.4, -0.2) is 35.9 Å². The highest BCUT2D eigenvalue weighted by Crippen LogP contribution is 2.46. The molecule has 150 valence electrons. The van der Waals surface area contributed by atoms with Crippen LogP contribution in [0.3, 0.4) is 0 Å². The quantitative estimate of drug-likeness (QED) is 0.526. The smallest absolute Gasteiger partial charge is 0.338 e. The number of carbonyl (C=O) groups is 1. The first kappa shape index (κ1) is 20.8. The van der Waals surface area contributed by atoms with Crippen LogP contribution in [0, 0.1) is 0 Å². The minimum atomic E-state index is -0.397. The van der Waals surface area contributed by atoms with Gasteiger partial charge in [-0.05, 0) is 55.1 Å². The number of ether oxygens (including phenoxy) is 3. The zero-order valence-corrected chi connectivity index (χ0v) is 18.7. The largest absolute Gasteiger partial charge is 0.493 e. The number of esters is 1. The van der Waals surface area contributed by atoms with Crippen LogP contribution in [0.5, 0.6) is 11.5 Å². The Morgan fingerprint density at radius 2 is 1.89 bits per heavy atom. The number of benzene rings is 1. The van der Waals surface area contributed by atoms with Gasteiger partial charge in [0.1, 0.15) is 11.5 Å². The second-order valence-corrected chi connectivity index (χ2v) is 7.74. The molecule has 1 aromatic carbocycles. The number of halogens is 1. The van der Waals surface area contributed by atoms with E-state index < -0.39 is 6.04 Å². The first-order valence-corrected chi connectivity index (χ1v) is 10.9. The van der Waals surface area contributed by atoms with Crippen LogP contribution in [0.2, 0.25) is 0 Å². The average molecular weight is 467 g/mol. The third-order valence-electron chi connectivity index (χ3n) is 4.27. The van der Waals surface area contributed by atoms with E-state index in [1.807, 2.05) is 49.4 Å². The molecule has 0 amide bonds. The SMILES string of the molecule is CCOC(=O)C1=C(C)N=C2SC=CN2[C@H]1c1cc(Br)c(OCC)cc1OCC. The number of thioether (sulfide) groups is 1. The predicted molar refractivity (Wildman–Crippen MR) is 115 cm³/mol. The van der Waals surface area contributed by atoms with Gasteiger partial charge in [0.25, 0.3) is 0 Å². The maximum Gasteiger partial charge on any atom is 0.338 e. The van der Waals surface area contributed by atoms with Crippen LogP contribution in [0.1, 0.15) is 39.3 Å². The number of allylic oxidation sites excluding steroid dienone is 1. The number of hydrogen-bond donors (Lipinski definition) is 0. The molecule has 2 aliphatic rings. The fourth-order valence-corrected chi connectivity index (χ4v) is 4.45. The van der Waals surface area contributed by atoms with E-state index in [2.05, 4.69) is 20.9 Å². The molecule has 1 aromatic rings. The molecule has 6 nitrogen and oxygen atoms in total. The molecule has 0 bridgehead atoms. The van der Waals surface area contributed by atoms with Crippen molar-refractivity contribution in [2.45, 2.75) is 33.7 Å². The molecule has 28 heavy (non-hydrogen) atoms. The number of rotatable bonds is 7. The van der Waals surface area contributed by atoms with Crippen molar-refractivity contribution in [2.75, 3.05) is 19.8 Å². The molecule has 0 fully saturated rings. The molecular weight excluding hydrogens is 444 g/mol. The summed E-state index contributed by atoms with van der Waals surface area (Å²) in [6, 6.07) is 3.42. The average Bonchev–Trinajstić information content (AvgIpc) is 3.11. The maximum atomic E-state index is 12.8. The molecule has 3 rings (SSSR count). The number of amidine groups is 1. The first-order chi connectivity index (χ1) is 13.5. The number of nitrogens with zero attached hydrogens (tertiary/aromatic N) is 2. The first-order valence-electron chi connectivity index (χ1n) is 9.19. The zero-order chi connectivity index (χ0) is 20.3. The Balaban J connectivity index is 2.18. The molecule has 0 saturated carbocycles. The molecule has 0 aromatic heterocycles. The fraction of sp³-hybridized carbons (Fsp3) is 0.400. The highest BCUT2D eigenvalue weighted by atomic mass is 79.9. The Hall–Kier alpha value is -1.93. The summed E-state index contributed by atoms with van der Waals surface area (Å²) in [6.07, 6.45) is 1.93. The molecule has 0 unspecified atom stereocenters. The van der Waals surface area contributed by atoms with Crippen LogP contribution >= 0.6 is 27.7 Å². The summed E-state index contributed by atoms with van der Waals surface area (Å²) in [5.74, 6) is 0.995. The summed E-state index contributed by atoms with van der Waals surface area (Å²) in [5.41, 5.74) is 2.01. The van der Waals surface area contributed by atoms with E-state index in [4.69, 9.17) is 14.2 Å². The molecule has 0 radical (unpaired) electrons. The zero-order valence-electron chi connectivity index (χ0n) is 16.3. The molecule has 2 heterocycles. The summed E-state index contributed by atoms with van der Waals surface area (Å²) in [4.78, 5) is 19.4. The predicted octanol–water partition coefficient (Wildman–Crippen LogP) is 5.01. The Morgan fingerprint density at radius 3 is 2.57 bits per heavy atom. The van der Waals surface area contributed by atoms with E-state index in [1.165, 1.54) is 11.8 Å². The van der Waals surface area contributed by atoms with Gasteiger partial charge >= 0.3 is 5.97 Å². The van der Waals surface area contributed by atoms with Crippen molar-refractivity contribution in [1.82, 2.24) is 4.90 Å². The van der Waals surface area contributed by atoms with Crippen molar-refractivity contribution in [1.29, 1.82) is 0 Å². The Bertz CT molecular complexity index is 866. The molecule has 2 aliphatic heterocycles. The number of fused-ring (bicyclic) bond motifs is 1. The third-order valence-corrected chi connectivity index (χ3v) is 5.66. The molecule has 0 spiro atoms. The van der Waals surface area contributed by atoms with Crippen molar-refractivity contribution in [2.24, 2.45) is 4.99 Å². The number of hydrogen-bond acceptors (Lipinski definition) is 7. The lowest BCUT2D eigenvalue weighted by atomic mass is 9.94. The van der Waals surface area contributed by atoms with Crippen LogP contribution in [0.25, 0.3) is 0 Å². The summed E-state index contributed by atoms with van der Waals surface area (Å²) < 4.78 is 17.8. The van der Waals surface area contributed by atoms with Crippen molar-refractivity contribution >= 4 is 38.8 Å². The van der Waals surface area contributed by atoms with E-state index in [0.717, 1.165) is 15.2 Å². The van der Waals surface area contributed by atoms with Gasteiger partial charge in [0.05, 0.1) is 41.6 Å². The second kappa shape index (κ2) is 9.05. The van der Waals surface area contributed by atoms with E-state index in [9.17, 15) is 4.79 Å². The van der Waals surface area contributed by atoms with E-state index in [0.29, 0.717) is 42.6 Å². The fourth-order valence-electron chi connectivity index (χ4n) is 3.19. The lowest BCUT2D eigenvalue weighted by Gasteiger charge is -2.34. The highest BCUT2D eigenvalue weighted by molar-refractivity contribution is 9.10. The summed E-state index contributed by atoms with van der Waals surface area (Å²) >= 11 is 5.11. The van der Waals surface area contributed by atoms with Crippen LogP contribution < -0.4 is 9.47 Å². The molecule has 0 saturated heterocycles. The van der Waals surface area contributed by atoms with Gasteiger partial charge in [-0.15, -0.1) is 0 Å². The lowest BCUT2D eigenvalue weighted by Crippen LogP contribution is -2.34. The standard InChI is InChI=1S/C20H23BrN2O4S/c1-5-25-15-11-16(26-6-2)14(21)10-13(15)18-17(19(24)27-7-3)12(4)22-20-23(18)8-9-28-20/h8-11,18H,5-7H2,1-4H3/t18-/m0/s1. The van der Waals surface area contributed by atoms with Gasteiger partial charge in [-0.3, -0.25) is 0 Å². The normalized spacial score (nSPS) is 18.1. The van der Waals surface area contributed by atoms with Crippen LogP contribution in [0.4, 0.5) is 0 Å². The molecule has 1 atom stereocenters. The number of carbonyl (C=O) groups excluding carboxylic acids is 1. The minimum Gasteiger partial charge on any atom is -0.493 e. The minimum absolute atomic E-state index is 0.300. The van der Waals surface area contributed by atoms with Gasteiger partial charge in [-0.1, -0.05) is 11.8 Å². The summed E-state index contributed by atoms with van der Waals surface area (Å²) in [7, 11) is 0. The van der Waals surface area contributed by atoms with Crippen LogP contribution in [0.15, 0.2) is 44.5 Å². The van der Waals surface area contributed by atoms with Crippen molar-refractivity contribution in [3.8, 4) is 11.5 Å². The van der Waals surface area contributed by atoms with Gasteiger partial charge in [0, 0.05) is 17.8 Å².